The molecule has 0 heterocycles. The van der Waals surface area contributed by atoms with Crippen LogP contribution >= 0.6 is 0 Å². The van der Waals surface area contributed by atoms with Crippen molar-refractivity contribution in [1.29, 1.82) is 5.26 Å². The van der Waals surface area contributed by atoms with Crippen molar-refractivity contribution >= 4 is 21.7 Å². The predicted molar refractivity (Wildman–Crippen MR) is 97.6 cm³/mol. The van der Waals surface area contributed by atoms with Crippen molar-refractivity contribution in [2.75, 3.05) is 19.5 Å². The summed E-state index contributed by atoms with van der Waals surface area (Å²) in [5, 5.41) is 11.7. The molecule has 0 spiro atoms. The molecule has 1 fully saturated rings. The van der Waals surface area contributed by atoms with Crippen LogP contribution in [0, 0.1) is 11.3 Å². The highest BCUT2D eigenvalue weighted by Crippen LogP contribution is 2.27. The molecule has 1 aliphatic carbocycles. The third-order valence-corrected chi connectivity index (χ3v) is 6.45. The first kappa shape index (κ1) is 19.9. The van der Waals surface area contributed by atoms with E-state index in [1.54, 1.807) is 25.2 Å². The molecule has 26 heavy (non-hydrogen) atoms. The van der Waals surface area contributed by atoms with Crippen LogP contribution in [0.2, 0.25) is 0 Å². The molecule has 0 amide bonds. The first-order chi connectivity index (χ1) is 12.4. The molecule has 1 saturated carbocycles. The minimum atomic E-state index is -3.55. The molecule has 1 N–H and O–H groups in total. The number of methoxy groups -OCH3 is 1. The average Bonchev–Trinajstić information content (AvgIpc) is 2.68. The Hall–Kier alpha value is -2.37. The summed E-state index contributed by atoms with van der Waals surface area (Å²) in [4.78, 5) is 11.6. The molecule has 0 saturated heterocycles. The standard InChI is InChI=1S/C18H23N3O4S/c1-21(16-6-4-3-5-7-16)26(23,24)17-10-8-15(9-11-17)20-13-14(12-19)18(22)25-2/h8-11,13,16,20H,3-7H2,1-2H3/b14-13-. The van der Waals surface area contributed by atoms with Gasteiger partial charge in [0.25, 0.3) is 0 Å². The molecule has 1 aromatic rings. The van der Waals surface area contributed by atoms with E-state index in [4.69, 9.17) is 5.26 Å². The van der Waals surface area contributed by atoms with Gasteiger partial charge in [-0.1, -0.05) is 19.3 Å². The summed E-state index contributed by atoms with van der Waals surface area (Å²) in [6, 6.07) is 7.97. The van der Waals surface area contributed by atoms with Crippen LogP contribution in [0.4, 0.5) is 5.69 Å². The number of benzene rings is 1. The molecule has 140 valence electrons. The van der Waals surface area contributed by atoms with Crippen LogP contribution < -0.4 is 5.32 Å². The fraction of sp³-hybridized carbons (Fsp3) is 0.444. The minimum absolute atomic E-state index is 0.0488. The van der Waals surface area contributed by atoms with E-state index in [1.807, 2.05) is 0 Å². The van der Waals surface area contributed by atoms with E-state index >= 15 is 0 Å². The molecule has 0 aliphatic heterocycles. The third kappa shape index (κ3) is 4.62. The summed E-state index contributed by atoms with van der Waals surface area (Å²) in [6.45, 7) is 0. The zero-order valence-corrected chi connectivity index (χ0v) is 15.8. The van der Waals surface area contributed by atoms with E-state index in [0.717, 1.165) is 32.1 Å². The molecular weight excluding hydrogens is 354 g/mol. The normalized spacial score (nSPS) is 16.2. The smallest absolute Gasteiger partial charge is 0.350 e. The Morgan fingerprint density at radius 2 is 1.88 bits per heavy atom. The quantitative estimate of drug-likeness (QED) is 0.465. The molecule has 8 heteroatoms. The molecule has 2 rings (SSSR count). The lowest BCUT2D eigenvalue weighted by Crippen LogP contribution is -2.38. The van der Waals surface area contributed by atoms with Gasteiger partial charge in [-0.2, -0.15) is 9.57 Å². The topological polar surface area (TPSA) is 99.5 Å². The van der Waals surface area contributed by atoms with Gasteiger partial charge in [-0.15, -0.1) is 0 Å². The minimum Gasteiger partial charge on any atom is -0.465 e. The summed E-state index contributed by atoms with van der Waals surface area (Å²) in [6.07, 6.45) is 6.29. The fourth-order valence-electron chi connectivity index (χ4n) is 2.93. The molecular formula is C18H23N3O4S. The summed E-state index contributed by atoms with van der Waals surface area (Å²) in [7, 11) is -0.720. The second-order valence-corrected chi connectivity index (χ2v) is 8.14. The number of rotatable bonds is 6. The second-order valence-electron chi connectivity index (χ2n) is 6.14. The van der Waals surface area contributed by atoms with Gasteiger partial charge in [0.1, 0.15) is 6.07 Å². The van der Waals surface area contributed by atoms with Gasteiger partial charge < -0.3 is 10.1 Å². The number of hydrogen-bond acceptors (Lipinski definition) is 6. The third-order valence-electron chi connectivity index (χ3n) is 4.53. The van der Waals surface area contributed by atoms with Gasteiger partial charge >= 0.3 is 5.97 Å². The number of carbonyl (C=O) groups is 1. The Balaban J connectivity index is 2.12. The summed E-state index contributed by atoms with van der Waals surface area (Å²) < 4.78 is 31.5. The molecule has 0 bridgehead atoms. The second kappa shape index (κ2) is 8.83. The van der Waals surface area contributed by atoms with Crippen molar-refractivity contribution < 1.29 is 17.9 Å². The Kier molecular flexibility index (Phi) is 6.77. The highest BCUT2D eigenvalue weighted by Gasteiger charge is 2.28. The number of nitriles is 1. The van der Waals surface area contributed by atoms with Gasteiger partial charge in [-0.05, 0) is 37.1 Å². The van der Waals surface area contributed by atoms with Crippen LogP contribution in [0.25, 0.3) is 0 Å². The van der Waals surface area contributed by atoms with Crippen molar-refractivity contribution in [2.24, 2.45) is 0 Å². The fourth-order valence-corrected chi connectivity index (χ4v) is 4.35. The maximum atomic E-state index is 12.8. The first-order valence-electron chi connectivity index (χ1n) is 8.43. The van der Waals surface area contributed by atoms with E-state index in [2.05, 4.69) is 10.1 Å². The lowest BCUT2D eigenvalue weighted by molar-refractivity contribution is -0.135. The maximum Gasteiger partial charge on any atom is 0.350 e. The molecule has 0 unspecified atom stereocenters. The summed E-state index contributed by atoms with van der Waals surface area (Å²) >= 11 is 0. The molecule has 1 aromatic carbocycles. The Bertz CT molecular complexity index is 804. The number of anilines is 1. The summed E-state index contributed by atoms with van der Waals surface area (Å²) in [5.41, 5.74) is 0.377. The van der Waals surface area contributed by atoms with Crippen LogP contribution in [-0.2, 0) is 19.6 Å². The lowest BCUT2D eigenvalue weighted by Gasteiger charge is -2.30. The molecule has 0 aromatic heterocycles. The van der Waals surface area contributed by atoms with E-state index in [1.165, 1.54) is 29.7 Å². The Morgan fingerprint density at radius 1 is 1.27 bits per heavy atom. The van der Waals surface area contributed by atoms with Crippen LogP contribution in [-0.4, -0.2) is 38.9 Å². The monoisotopic (exact) mass is 377 g/mol. The van der Waals surface area contributed by atoms with Crippen LogP contribution in [0.3, 0.4) is 0 Å². The maximum absolute atomic E-state index is 12.8. The molecule has 7 nitrogen and oxygen atoms in total. The number of carbonyl (C=O) groups excluding carboxylic acids is 1. The number of hydrogen-bond donors (Lipinski definition) is 1. The number of ether oxygens (including phenoxy) is 1. The Labute approximate surface area is 154 Å². The van der Waals surface area contributed by atoms with Gasteiger partial charge in [0.05, 0.1) is 12.0 Å². The van der Waals surface area contributed by atoms with Gasteiger partial charge in [0, 0.05) is 25.0 Å². The number of nitrogens with zero attached hydrogens (tertiary/aromatic N) is 2. The van der Waals surface area contributed by atoms with Crippen molar-refractivity contribution in [1.82, 2.24) is 4.31 Å². The highest BCUT2D eigenvalue weighted by molar-refractivity contribution is 7.89. The van der Waals surface area contributed by atoms with Gasteiger partial charge in [-0.25, -0.2) is 13.2 Å². The Morgan fingerprint density at radius 3 is 2.42 bits per heavy atom. The van der Waals surface area contributed by atoms with Crippen LogP contribution in [0.1, 0.15) is 32.1 Å². The van der Waals surface area contributed by atoms with Crippen molar-refractivity contribution in [3.05, 3.63) is 36.0 Å². The first-order valence-corrected chi connectivity index (χ1v) is 9.87. The van der Waals surface area contributed by atoms with Crippen LogP contribution in [0.15, 0.2) is 40.9 Å². The van der Waals surface area contributed by atoms with Crippen molar-refractivity contribution in [3.63, 3.8) is 0 Å². The number of esters is 1. The van der Waals surface area contributed by atoms with Gasteiger partial charge in [-0.3, -0.25) is 0 Å². The zero-order chi connectivity index (χ0) is 19.2. The number of nitrogens with one attached hydrogen (secondary N) is 1. The number of sulfonamides is 1. The summed E-state index contributed by atoms with van der Waals surface area (Å²) in [5.74, 6) is -0.742. The van der Waals surface area contributed by atoms with Crippen molar-refractivity contribution in [2.45, 2.75) is 43.0 Å². The average molecular weight is 377 g/mol. The highest BCUT2D eigenvalue weighted by atomic mass is 32.2. The van der Waals surface area contributed by atoms with E-state index < -0.39 is 16.0 Å². The molecule has 0 radical (unpaired) electrons. The van der Waals surface area contributed by atoms with E-state index in [0.29, 0.717) is 5.69 Å². The largest absolute Gasteiger partial charge is 0.465 e. The SMILES string of the molecule is COC(=O)/C(C#N)=C\Nc1ccc(S(=O)(=O)N(C)C2CCCCC2)cc1. The van der Waals surface area contributed by atoms with E-state index in [-0.39, 0.29) is 16.5 Å². The lowest BCUT2D eigenvalue weighted by atomic mass is 9.96. The molecule has 1 aliphatic rings. The van der Waals surface area contributed by atoms with Crippen molar-refractivity contribution in [3.8, 4) is 6.07 Å². The van der Waals surface area contributed by atoms with Crippen LogP contribution in [0.5, 0.6) is 0 Å². The van der Waals surface area contributed by atoms with Gasteiger partial charge in [0.15, 0.2) is 5.57 Å². The predicted octanol–water partition coefficient (Wildman–Crippen LogP) is 2.63. The van der Waals surface area contributed by atoms with E-state index in [9.17, 15) is 13.2 Å². The van der Waals surface area contributed by atoms with Gasteiger partial charge in [0.2, 0.25) is 10.0 Å². The molecule has 0 atom stereocenters. The zero-order valence-electron chi connectivity index (χ0n) is 14.9.